The number of fused-ring (bicyclic) bond motifs is 1. The normalized spacial score (nSPS) is 16.5. The highest BCUT2D eigenvalue weighted by atomic mass is 16.2. The maximum absolute atomic E-state index is 13.4. The van der Waals surface area contributed by atoms with E-state index in [9.17, 15) is 14.4 Å². The Hall–Kier alpha value is -3.48. The average molecular weight is 404 g/mol. The number of benzene rings is 2. The Morgan fingerprint density at radius 3 is 2.53 bits per heavy atom. The first kappa shape index (κ1) is 19.8. The van der Waals surface area contributed by atoms with Crippen LogP contribution in [0.3, 0.4) is 0 Å². The summed E-state index contributed by atoms with van der Waals surface area (Å²) >= 11 is 0. The molecule has 30 heavy (non-hydrogen) atoms. The van der Waals surface area contributed by atoms with Gasteiger partial charge in [0.15, 0.2) is 0 Å². The Morgan fingerprint density at radius 1 is 1.10 bits per heavy atom. The molecule has 1 unspecified atom stereocenters. The van der Waals surface area contributed by atoms with Gasteiger partial charge in [-0.3, -0.25) is 24.3 Å². The first-order valence-electron chi connectivity index (χ1n) is 10.1. The maximum Gasteiger partial charge on any atom is 0.264 e. The first-order chi connectivity index (χ1) is 14.5. The molecule has 0 radical (unpaired) electrons. The summed E-state index contributed by atoms with van der Waals surface area (Å²) in [5.74, 6) is -0.319. The third kappa shape index (κ3) is 3.70. The van der Waals surface area contributed by atoms with Gasteiger partial charge < -0.3 is 5.32 Å². The van der Waals surface area contributed by atoms with Crippen molar-refractivity contribution in [1.29, 1.82) is 0 Å². The molecular weight excluding hydrogens is 380 g/mol. The molecule has 0 spiro atoms. The number of nitrogens with one attached hydrogen (secondary N) is 2. The second kappa shape index (κ2) is 8.10. The number of aromatic nitrogens is 2. The van der Waals surface area contributed by atoms with Gasteiger partial charge in [-0.2, -0.15) is 0 Å². The average Bonchev–Trinajstić information content (AvgIpc) is 2.73. The Labute approximate surface area is 174 Å². The molecule has 2 heterocycles. The van der Waals surface area contributed by atoms with Crippen LogP contribution >= 0.6 is 0 Å². The van der Waals surface area contributed by atoms with E-state index < -0.39 is 11.9 Å². The zero-order chi connectivity index (χ0) is 21.3. The lowest BCUT2D eigenvalue weighted by Gasteiger charge is -2.24. The summed E-state index contributed by atoms with van der Waals surface area (Å²) in [7, 11) is 0. The van der Waals surface area contributed by atoms with Crippen LogP contribution in [0.25, 0.3) is 10.9 Å². The van der Waals surface area contributed by atoms with E-state index >= 15 is 0 Å². The van der Waals surface area contributed by atoms with E-state index in [0.717, 1.165) is 12.0 Å². The molecule has 1 fully saturated rings. The van der Waals surface area contributed by atoms with E-state index in [0.29, 0.717) is 29.0 Å². The summed E-state index contributed by atoms with van der Waals surface area (Å²) in [5, 5.41) is 6.10. The molecule has 4 rings (SSSR count). The quantitative estimate of drug-likeness (QED) is 0.638. The van der Waals surface area contributed by atoms with Crippen LogP contribution in [0.5, 0.6) is 0 Å². The second-order valence-corrected chi connectivity index (χ2v) is 7.52. The van der Waals surface area contributed by atoms with Crippen LogP contribution in [-0.2, 0) is 22.6 Å². The highest BCUT2D eigenvalue weighted by Gasteiger charge is 2.30. The van der Waals surface area contributed by atoms with Gasteiger partial charge in [0, 0.05) is 18.7 Å². The number of anilines is 1. The van der Waals surface area contributed by atoms with Crippen molar-refractivity contribution < 1.29 is 9.59 Å². The number of nitrogens with zero attached hydrogens (tertiary/aromatic N) is 2. The molecule has 154 valence electrons. The molecule has 1 saturated heterocycles. The molecule has 1 aromatic heterocycles. The zero-order valence-corrected chi connectivity index (χ0v) is 17.1. The van der Waals surface area contributed by atoms with E-state index in [2.05, 4.69) is 46.8 Å². The van der Waals surface area contributed by atoms with Crippen molar-refractivity contribution in [2.24, 2.45) is 0 Å². The molecule has 7 heteroatoms. The molecule has 7 nitrogen and oxygen atoms in total. The number of aryl methyl sites for hydroxylation is 2. The van der Waals surface area contributed by atoms with Crippen LogP contribution in [0.4, 0.5) is 5.69 Å². The molecule has 2 aromatic carbocycles. The lowest BCUT2D eigenvalue weighted by molar-refractivity contribution is -0.135. The predicted octanol–water partition coefficient (Wildman–Crippen LogP) is 2.86. The Balaban J connectivity index is 1.71. The van der Waals surface area contributed by atoms with Crippen molar-refractivity contribution in [2.45, 2.75) is 45.7 Å². The molecule has 1 aliphatic rings. The van der Waals surface area contributed by atoms with Gasteiger partial charge in [0.05, 0.1) is 10.9 Å². The standard InChI is InChI=1S/C23H24N4O3/c1-3-15-7-9-16(10-8-15)13-24-17-5-4-6-18-21(17)23(30)27(14(2)25-18)19-11-12-20(28)26-22(19)29/h4-10,19,24H,3,11-13H2,1-2H3,(H,26,28,29). The number of hydrogen-bond donors (Lipinski definition) is 2. The summed E-state index contributed by atoms with van der Waals surface area (Å²) in [6.45, 7) is 4.39. The van der Waals surface area contributed by atoms with E-state index in [1.807, 2.05) is 12.1 Å². The molecule has 1 aliphatic heterocycles. The molecule has 2 amide bonds. The molecule has 1 atom stereocenters. The van der Waals surface area contributed by atoms with E-state index in [-0.39, 0.29) is 24.3 Å². The fourth-order valence-electron chi connectivity index (χ4n) is 3.89. The first-order valence-corrected chi connectivity index (χ1v) is 10.1. The summed E-state index contributed by atoms with van der Waals surface area (Å²) in [4.78, 5) is 41.8. The van der Waals surface area contributed by atoms with Gasteiger partial charge in [0.1, 0.15) is 11.9 Å². The zero-order valence-electron chi connectivity index (χ0n) is 17.1. The summed E-state index contributed by atoms with van der Waals surface area (Å²) in [6, 6.07) is 13.1. The van der Waals surface area contributed by atoms with Gasteiger partial charge in [0.25, 0.3) is 5.56 Å². The third-order valence-electron chi connectivity index (χ3n) is 5.54. The van der Waals surface area contributed by atoms with Crippen LogP contribution in [0.1, 0.15) is 42.8 Å². The van der Waals surface area contributed by atoms with Gasteiger partial charge in [-0.05, 0) is 43.0 Å². The van der Waals surface area contributed by atoms with Crippen molar-refractivity contribution in [2.75, 3.05) is 5.32 Å². The van der Waals surface area contributed by atoms with E-state index in [1.54, 1.807) is 13.0 Å². The second-order valence-electron chi connectivity index (χ2n) is 7.52. The van der Waals surface area contributed by atoms with Gasteiger partial charge in [-0.15, -0.1) is 0 Å². The van der Waals surface area contributed by atoms with Crippen molar-refractivity contribution in [1.82, 2.24) is 14.9 Å². The third-order valence-corrected chi connectivity index (χ3v) is 5.54. The molecular formula is C23H24N4O3. The minimum absolute atomic E-state index is 0.202. The van der Waals surface area contributed by atoms with Crippen molar-refractivity contribution in [3.8, 4) is 0 Å². The number of amides is 2. The Kier molecular flexibility index (Phi) is 5.35. The summed E-state index contributed by atoms with van der Waals surface area (Å²) in [5.41, 5.74) is 3.35. The number of carbonyl (C=O) groups is 2. The van der Waals surface area contributed by atoms with Crippen molar-refractivity contribution >= 4 is 28.4 Å². The molecule has 0 saturated carbocycles. The Bertz CT molecular complexity index is 1180. The van der Waals surface area contributed by atoms with Crippen LogP contribution in [0.15, 0.2) is 47.3 Å². The lowest BCUT2D eigenvalue weighted by Crippen LogP contribution is -2.45. The summed E-state index contributed by atoms with van der Waals surface area (Å²) in [6.07, 6.45) is 1.48. The van der Waals surface area contributed by atoms with Gasteiger partial charge in [0.2, 0.25) is 11.8 Å². The molecule has 0 bridgehead atoms. The Morgan fingerprint density at radius 2 is 1.83 bits per heavy atom. The van der Waals surface area contributed by atoms with Crippen LogP contribution < -0.4 is 16.2 Å². The largest absolute Gasteiger partial charge is 0.380 e. The van der Waals surface area contributed by atoms with Crippen LogP contribution in [0.2, 0.25) is 0 Å². The summed E-state index contributed by atoms with van der Waals surface area (Å²) < 4.78 is 1.41. The van der Waals surface area contributed by atoms with Crippen molar-refractivity contribution in [3.63, 3.8) is 0 Å². The number of piperidine rings is 1. The fraction of sp³-hybridized carbons (Fsp3) is 0.304. The fourth-order valence-corrected chi connectivity index (χ4v) is 3.89. The lowest BCUT2D eigenvalue weighted by atomic mass is 10.0. The number of hydrogen-bond acceptors (Lipinski definition) is 5. The highest BCUT2D eigenvalue weighted by Crippen LogP contribution is 2.23. The van der Waals surface area contributed by atoms with Gasteiger partial charge >= 0.3 is 0 Å². The molecule has 3 aromatic rings. The topological polar surface area (TPSA) is 93.1 Å². The number of rotatable bonds is 5. The van der Waals surface area contributed by atoms with E-state index in [1.165, 1.54) is 10.1 Å². The van der Waals surface area contributed by atoms with Crippen LogP contribution in [-0.4, -0.2) is 21.4 Å². The minimum atomic E-state index is -0.734. The molecule has 0 aliphatic carbocycles. The smallest absolute Gasteiger partial charge is 0.264 e. The maximum atomic E-state index is 13.4. The SMILES string of the molecule is CCc1ccc(CNc2cccc3nc(C)n(C4CCC(=O)NC4=O)c(=O)c23)cc1. The predicted molar refractivity (Wildman–Crippen MR) is 115 cm³/mol. The van der Waals surface area contributed by atoms with Gasteiger partial charge in [-0.1, -0.05) is 37.3 Å². The highest BCUT2D eigenvalue weighted by molar-refractivity contribution is 5.99. The van der Waals surface area contributed by atoms with Crippen molar-refractivity contribution in [3.05, 3.63) is 69.8 Å². The monoisotopic (exact) mass is 404 g/mol. The molecule has 2 N–H and O–H groups in total. The number of carbonyl (C=O) groups excluding carboxylic acids is 2. The van der Waals surface area contributed by atoms with Gasteiger partial charge in [-0.25, -0.2) is 4.98 Å². The minimum Gasteiger partial charge on any atom is -0.380 e. The van der Waals surface area contributed by atoms with Crippen LogP contribution in [0, 0.1) is 6.92 Å². The number of imide groups is 1. The van der Waals surface area contributed by atoms with E-state index in [4.69, 9.17) is 0 Å².